The number of alkyl halides is 2. The predicted molar refractivity (Wildman–Crippen MR) is 121 cm³/mol. The van der Waals surface area contributed by atoms with Gasteiger partial charge in [0, 0.05) is 48.1 Å². The molecule has 2 N–H and O–H groups in total. The van der Waals surface area contributed by atoms with E-state index in [1.807, 2.05) is 30.5 Å². The summed E-state index contributed by atoms with van der Waals surface area (Å²) in [6, 6.07) is 12.1. The minimum Gasteiger partial charge on any atom is -0.496 e. The second kappa shape index (κ2) is 7.85. The van der Waals surface area contributed by atoms with E-state index >= 15 is 0 Å². The molecule has 1 aromatic heterocycles. The molecule has 1 saturated heterocycles. The minimum absolute atomic E-state index is 0.00312. The first kappa shape index (κ1) is 21.4. The number of hydrogen-bond donors (Lipinski definition) is 2. The number of H-pyrrole nitrogens is 1. The zero-order valence-corrected chi connectivity index (χ0v) is 18.6. The number of aliphatic hydroxyl groups is 1. The van der Waals surface area contributed by atoms with E-state index in [2.05, 4.69) is 28.9 Å². The van der Waals surface area contributed by atoms with Crippen molar-refractivity contribution in [3.63, 3.8) is 0 Å². The van der Waals surface area contributed by atoms with Crippen molar-refractivity contribution >= 4 is 10.9 Å². The van der Waals surface area contributed by atoms with E-state index in [4.69, 9.17) is 4.74 Å². The smallest absolute Gasteiger partial charge is 0.249 e. The highest BCUT2D eigenvalue weighted by Crippen LogP contribution is 2.60. The molecule has 0 amide bonds. The van der Waals surface area contributed by atoms with Crippen LogP contribution < -0.4 is 4.74 Å². The molecular formula is C26H30F2N2O2. The third kappa shape index (κ3) is 3.69. The molecule has 32 heavy (non-hydrogen) atoms. The molecule has 2 aliphatic rings. The molecule has 5 rings (SSSR count). The normalized spacial score (nSPS) is 22.2. The molecule has 6 heteroatoms. The van der Waals surface area contributed by atoms with E-state index in [-0.39, 0.29) is 30.9 Å². The molecule has 1 aliphatic carbocycles. The van der Waals surface area contributed by atoms with E-state index in [9.17, 15) is 13.9 Å². The number of aromatic amines is 1. The lowest BCUT2D eigenvalue weighted by Gasteiger charge is -2.54. The number of nitrogens with zero attached hydrogens (tertiary/aromatic N) is 1. The van der Waals surface area contributed by atoms with Crippen molar-refractivity contribution in [2.45, 2.75) is 57.7 Å². The van der Waals surface area contributed by atoms with Crippen LogP contribution in [-0.4, -0.2) is 34.6 Å². The summed E-state index contributed by atoms with van der Waals surface area (Å²) < 4.78 is 33.5. The zero-order chi connectivity index (χ0) is 22.5. The van der Waals surface area contributed by atoms with Crippen LogP contribution >= 0.6 is 0 Å². The molecule has 3 aromatic rings. The summed E-state index contributed by atoms with van der Waals surface area (Å²) in [6.07, 6.45) is 3.46. The van der Waals surface area contributed by atoms with E-state index in [1.165, 1.54) is 0 Å². The van der Waals surface area contributed by atoms with Crippen LogP contribution in [0.15, 0.2) is 42.6 Å². The quantitative estimate of drug-likeness (QED) is 0.533. The van der Waals surface area contributed by atoms with Gasteiger partial charge in [-0.05, 0) is 60.5 Å². The van der Waals surface area contributed by atoms with Gasteiger partial charge in [-0.15, -0.1) is 0 Å². The lowest BCUT2D eigenvalue weighted by Crippen LogP contribution is -2.53. The number of nitrogens with one attached hydrogen (secondary N) is 1. The summed E-state index contributed by atoms with van der Waals surface area (Å²) in [6.45, 7) is 3.52. The zero-order valence-electron chi connectivity index (χ0n) is 18.6. The first-order valence-corrected chi connectivity index (χ1v) is 11.3. The highest BCUT2D eigenvalue weighted by molar-refractivity contribution is 5.88. The summed E-state index contributed by atoms with van der Waals surface area (Å²) in [4.78, 5) is 5.74. The minimum atomic E-state index is -2.52. The number of aliphatic hydroxyl groups excluding tert-OH is 1. The number of halogens is 2. The largest absolute Gasteiger partial charge is 0.496 e. The summed E-state index contributed by atoms with van der Waals surface area (Å²) in [5, 5.41) is 10.6. The summed E-state index contributed by atoms with van der Waals surface area (Å²) in [5.41, 5.74) is 5.07. The lowest BCUT2D eigenvalue weighted by atomic mass is 9.59. The lowest BCUT2D eigenvalue weighted by molar-refractivity contribution is -0.186. The van der Waals surface area contributed by atoms with Gasteiger partial charge in [-0.25, -0.2) is 8.78 Å². The van der Waals surface area contributed by atoms with Crippen LogP contribution in [0, 0.1) is 12.3 Å². The number of aryl methyl sites for hydroxylation is 1. The van der Waals surface area contributed by atoms with E-state index in [1.54, 1.807) is 7.11 Å². The van der Waals surface area contributed by atoms with Crippen molar-refractivity contribution in [2.24, 2.45) is 5.41 Å². The highest BCUT2D eigenvalue weighted by Gasteiger charge is 2.58. The van der Waals surface area contributed by atoms with Crippen LogP contribution in [0.4, 0.5) is 8.78 Å². The third-order valence-electron chi connectivity index (χ3n) is 7.50. The molecule has 2 fully saturated rings. The third-order valence-corrected chi connectivity index (χ3v) is 7.50. The van der Waals surface area contributed by atoms with Crippen molar-refractivity contribution in [3.05, 3.63) is 64.8 Å². The van der Waals surface area contributed by atoms with E-state index in [0.717, 1.165) is 58.3 Å². The van der Waals surface area contributed by atoms with Crippen LogP contribution in [0.3, 0.4) is 0 Å². The fourth-order valence-electron chi connectivity index (χ4n) is 5.89. The average Bonchev–Trinajstić information content (AvgIpc) is 3.26. The maximum absolute atomic E-state index is 13.9. The molecule has 0 bridgehead atoms. The molecule has 1 aliphatic heterocycles. The van der Waals surface area contributed by atoms with E-state index in [0.29, 0.717) is 6.54 Å². The second-order valence-electron chi connectivity index (χ2n) is 9.69. The Labute approximate surface area is 187 Å². The van der Waals surface area contributed by atoms with Crippen molar-refractivity contribution in [1.29, 1.82) is 0 Å². The van der Waals surface area contributed by atoms with Crippen LogP contribution in [0.25, 0.3) is 10.9 Å². The van der Waals surface area contributed by atoms with Crippen LogP contribution in [0.2, 0.25) is 0 Å². The Morgan fingerprint density at radius 1 is 1.19 bits per heavy atom. The molecule has 0 unspecified atom stereocenters. The molecule has 170 valence electrons. The number of likely N-dealkylation sites (tertiary alicyclic amines) is 1. The first-order chi connectivity index (χ1) is 15.3. The predicted octanol–water partition coefficient (Wildman–Crippen LogP) is 5.73. The van der Waals surface area contributed by atoms with Gasteiger partial charge in [0.25, 0.3) is 0 Å². The van der Waals surface area contributed by atoms with Crippen LogP contribution in [0.5, 0.6) is 5.75 Å². The van der Waals surface area contributed by atoms with Gasteiger partial charge >= 0.3 is 0 Å². The standard InChI is InChI=1S/C26H30F2N2O2/c1-17-11-23(32-2)21(20-7-9-29-24(17)20)13-30-10-8-25(15-26(27,28)16-25)12-22(30)19-5-3-18(14-31)4-6-19/h3-7,9,11,22,29,31H,8,10,12-16H2,1-2H3/t22-/m1/s1. The van der Waals surface area contributed by atoms with Gasteiger partial charge in [0.15, 0.2) is 0 Å². The Bertz CT molecular complexity index is 1110. The van der Waals surface area contributed by atoms with Gasteiger partial charge in [0.05, 0.1) is 13.7 Å². The fourth-order valence-corrected chi connectivity index (χ4v) is 5.89. The van der Waals surface area contributed by atoms with Gasteiger partial charge in [0.2, 0.25) is 5.92 Å². The number of aromatic nitrogens is 1. The fraction of sp³-hybridized carbons (Fsp3) is 0.462. The van der Waals surface area contributed by atoms with Crippen LogP contribution in [0.1, 0.15) is 54.0 Å². The monoisotopic (exact) mass is 440 g/mol. The Morgan fingerprint density at radius 2 is 1.94 bits per heavy atom. The summed E-state index contributed by atoms with van der Waals surface area (Å²) in [5.74, 6) is -1.66. The number of ether oxygens (including phenoxy) is 1. The van der Waals surface area contributed by atoms with Gasteiger partial charge in [-0.3, -0.25) is 4.90 Å². The molecule has 4 nitrogen and oxygen atoms in total. The first-order valence-electron chi connectivity index (χ1n) is 11.3. The molecule has 2 aromatic carbocycles. The number of hydrogen-bond acceptors (Lipinski definition) is 3. The van der Waals surface area contributed by atoms with E-state index < -0.39 is 5.92 Å². The van der Waals surface area contributed by atoms with Gasteiger partial charge in [-0.2, -0.15) is 0 Å². The number of methoxy groups -OCH3 is 1. The van der Waals surface area contributed by atoms with Crippen molar-refractivity contribution in [1.82, 2.24) is 9.88 Å². The van der Waals surface area contributed by atoms with Crippen LogP contribution in [-0.2, 0) is 13.2 Å². The Morgan fingerprint density at radius 3 is 2.59 bits per heavy atom. The number of fused-ring (bicyclic) bond motifs is 1. The molecular weight excluding hydrogens is 410 g/mol. The van der Waals surface area contributed by atoms with Gasteiger partial charge in [-0.1, -0.05) is 24.3 Å². The Balaban J connectivity index is 1.50. The molecule has 0 radical (unpaired) electrons. The summed E-state index contributed by atoms with van der Waals surface area (Å²) in [7, 11) is 1.70. The van der Waals surface area contributed by atoms with Gasteiger partial charge in [0.1, 0.15) is 5.75 Å². The molecule has 1 atom stereocenters. The van der Waals surface area contributed by atoms with Crippen molar-refractivity contribution < 1.29 is 18.6 Å². The number of benzene rings is 2. The summed E-state index contributed by atoms with van der Waals surface area (Å²) >= 11 is 0. The second-order valence-corrected chi connectivity index (χ2v) is 9.69. The molecule has 2 heterocycles. The molecule has 1 spiro atoms. The van der Waals surface area contributed by atoms with Gasteiger partial charge < -0.3 is 14.8 Å². The highest BCUT2D eigenvalue weighted by atomic mass is 19.3. The Kier molecular flexibility index (Phi) is 5.25. The SMILES string of the molecule is COc1cc(C)c2[nH]ccc2c1CN1CCC2(C[C@@H]1c1ccc(CO)cc1)CC(F)(F)C2. The average molecular weight is 441 g/mol. The maximum atomic E-state index is 13.9. The number of piperidine rings is 1. The Hall–Kier alpha value is -2.44. The topological polar surface area (TPSA) is 48.5 Å². The molecule has 1 saturated carbocycles. The van der Waals surface area contributed by atoms with Crippen molar-refractivity contribution in [3.8, 4) is 5.75 Å². The number of rotatable bonds is 5. The van der Waals surface area contributed by atoms with Crippen molar-refractivity contribution in [2.75, 3.05) is 13.7 Å². The maximum Gasteiger partial charge on any atom is 0.249 e.